The summed E-state index contributed by atoms with van der Waals surface area (Å²) < 4.78 is 49.2. The van der Waals surface area contributed by atoms with Crippen LogP contribution < -0.4 is 14.7 Å². The van der Waals surface area contributed by atoms with Gasteiger partial charge in [0.1, 0.15) is 11.3 Å². The summed E-state index contributed by atoms with van der Waals surface area (Å²) in [6.45, 7) is 0.361. The van der Waals surface area contributed by atoms with Gasteiger partial charge >= 0.3 is 11.7 Å². The molecule has 0 radical (unpaired) electrons. The third-order valence-electron chi connectivity index (χ3n) is 5.12. The molecule has 1 atom stereocenters. The van der Waals surface area contributed by atoms with Crippen LogP contribution in [-0.4, -0.2) is 59.9 Å². The Morgan fingerprint density at radius 3 is 2.44 bits per heavy atom. The summed E-state index contributed by atoms with van der Waals surface area (Å²) >= 11 is -2.65. The highest BCUT2D eigenvalue weighted by atomic mass is 32.2. The van der Waals surface area contributed by atoms with Gasteiger partial charge in [0.15, 0.2) is 5.82 Å². The zero-order valence-corrected chi connectivity index (χ0v) is 20.3. The van der Waals surface area contributed by atoms with Gasteiger partial charge in [0, 0.05) is 62.4 Å². The lowest BCUT2D eigenvalue weighted by molar-refractivity contribution is 0.172. The van der Waals surface area contributed by atoms with Crippen LogP contribution >= 0.6 is 0 Å². The number of carbonyl (C=O) groups is 1. The van der Waals surface area contributed by atoms with Crippen LogP contribution in [0.4, 0.5) is 14.9 Å². The highest BCUT2D eigenvalue weighted by Crippen LogP contribution is 2.29. The Morgan fingerprint density at radius 1 is 1.12 bits per heavy atom. The maximum absolute atomic E-state index is 15.1. The van der Waals surface area contributed by atoms with E-state index in [1.54, 1.807) is 26.2 Å². The fraction of sp³-hybridized carbons (Fsp3) is 0.304. The first-order valence-electron chi connectivity index (χ1n) is 10.2. The molecule has 3 rings (SSSR count). The van der Waals surface area contributed by atoms with Crippen LogP contribution in [0.15, 0.2) is 45.6 Å². The van der Waals surface area contributed by atoms with E-state index in [4.69, 9.17) is 9.15 Å². The molecule has 0 saturated carbocycles. The number of halogens is 1. The molecule has 1 unspecified atom stereocenters. The Bertz CT molecular complexity index is 1310. The fourth-order valence-corrected chi connectivity index (χ4v) is 3.73. The van der Waals surface area contributed by atoms with Crippen molar-refractivity contribution in [1.29, 1.82) is 0 Å². The van der Waals surface area contributed by atoms with E-state index in [1.807, 2.05) is 19.0 Å². The number of anilines is 1. The second-order valence-corrected chi connectivity index (χ2v) is 9.13. The minimum Gasteiger partial charge on any atom is -0.755 e. The van der Waals surface area contributed by atoms with Crippen LogP contribution in [0.3, 0.4) is 0 Å². The van der Waals surface area contributed by atoms with Crippen LogP contribution in [-0.2, 0) is 24.2 Å². The highest BCUT2D eigenvalue weighted by Gasteiger charge is 2.20. The summed E-state index contributed by atoms with van der Waals surface area (Å²) in [6, 6.07) is 9.09. The van der Waals surface area contributed by atoms with Crippen molar-refractivity contribution in [2.24, 2.45) is 0 Å². The number of nitrogens with zero attached hydrogens (tertiary/aromatic N) is 3. The van der Waals surface area contributed by atoms with E-state index < -0.39 is 28.8 Å². The Kier molecular flexibility index (Phi) is 7.70. The molecule has 9 nitrogen and oxygen atoms in total. The van der Waals surface area contributed by atoms with E-state index in [9.17, 15) is 18.4 Å². The number of benzene rings is 2. The lowest BCUT2D eigenvalue weighted by Gasteiger charge is -2.23. The molecule has 0 N–H and O–H groups in total. The molecule has 3 aromatic rings. The molecule has 1 heterocycles. The van der Waals surface area contributed by atoms with E-state index in [2.05, 4.69) is 0 Å². The summed E-state index contributed by atoms with van der Waals surface area (Å²) in [5, 5.41) is 0.613. The van der Waals surface area contributed by atoms with Gasteiger partial charge in [0.05, 0.1) is 5.69 Å². The summed E-state index contributed by atoms with van der Waals surface area (Å²) in [5.41, 5.74) is 0.473. The van der Waals surface area contributed by atoms with Gasteiger partial charge in [-0.2, -0.15) is 0 Å². The van der Waals surface area contributed by atoms with Crippen LogP contribution in [0.5, 0.6) is 5.75 Å². The topological polar surface area (TPSA) is 106 Å². The molecular weight excluding hydrogens is 465 g/mol. The van der Waals surface area contributed by atoms with Crippen molar-refractivity contribution in [1.82, 2.24) is 9.80 Å². The first-order chi connectivity index (χ1) is 16.0. The van der Waals surface area contributed by atoms with Crippen molar-refractivity contribution in [3.05, 3.63) is 69.3 Å². The van der Waals surface area contributed by atoms with Gasteiger partial charge in [0.2, 0.25) is 0 Å². The lowest BCUT2D eigenvalue weighted by Crippen LogP contribution is -2.25. The smallest absolute Gasteiger partial charge is 0.414 e. The maximum atomic E-state index is 15.1. The molecule has 0 aliphatic carbocycles. The van der Waals surface area contributed by atoms with Crippen molar-refractivity contribution >= 4 is 34.0 Å². The molecule has 34 heavy (non-hydrogen) atoms. The van der Waals surface area contributed by atoms with Gasteiger partial charge in [-0.25, -0.2) is 14.0 Å². The second-order valence-electron chi connectivity index (χ2n) is 8.15. The minimum atomic E-state index is -2.65. The molecule has 0 fully saturated rings. The number of ether oxygens (including phenoxy) is 1. The van der Waals surface area contributed by atoms with Crippen LogP contribution in [0, 0.1) is 5.82 Å². The summed E-state index contributed by atoms with van der Waals surface area (Å²) in [6.07, 6.45) is -0.677. The van der Waals surface area contributed by atoms with E-state index in [1.165, 1.54) is 36.2 Å². The molecule has 0 spiro atoms. The highest BCUT2D eigenvalue weighted by molar-refractivity contribution is 7.80. The molecular formula is C23H25FN3O6S-. The molecule has 0 bridgehead atoms. The number of amides is 1. The van der Waals surface area contributed by atoms with Gasteiger partial charge in [-0.3, -0.25) is 4.21 Å². The predicted molar refractivity (Wildman–Crippen MR) is 126 cm³/mol. The van der Waals surface area contributed by atoms with Crippen molar-refractivity contribution in [2.75, 3.05) is 39.5 Å². The Morgan fingerprint density at radius 2 is 1.82 bits per heavy atom. The number of carbonyl (C=O) groups excluding carboxylic acids is 1. The molecule has 1 aromatic heterocycles. The van der Waals surface area contributed by atoms with Crippen LogP contribution in [0.25, 0.3) is 11.0 Å². The molecule has 11 heteroatoms. The molecule has 2 aromatic carbocycles. The quantitative estimate of drug-likeness (QED) is 0.370. The monoisotopic (exact) mass is 490 g/mol. The van der Waals surface area contributed by atoms with Gasteiger partial charge in [0.25, 0.3) is 0 Å². The molecule has 0 aliphatic heterocycles. The first kappa shape index (κ1) is 25.3. The van der Waals surface area contributed by atoms with Crippen molar-refractivity contribution in [3.63, 3.8) is 0 Å². The largest absolute Gasteiger partial charge is 0.755 e. The first-order valence-corrected chi connectivity index (χ1v) is 11.3. The van der Waals surface area contributed by atoms with E-state index >= 15 is 4.39 Å². The SMILES string of the molecule is CN(C)Cc1c(Cc2cccc(N(C)S(=O)[O-])c2F)c(=O)oc2cc(OC(=O)N(C)C)ccc12. The molecule has 0 saturated heterocycles. The van der Waals surface area contributed by atoms with E-state index in [0.29, 0.717) is 17.5 Å². The third-order valence-corrected chi connectivity index (χ3v) is 5.77. The predicted octanol–water partition coefficient (Wildman–Crippen LogP) is 2.88. The van der Waals surface area contributed by atoms with E-state index in [-0.39, 0.29) is 34.6 Å². The zero-order chi connectivity index (χ0) is 25.2. The fourth-order valence-electron chi connectivity index (χ4n) is 3.43. The molecule has 182 valence electrons. The average molecular weight is 491 g/mol. The van der Waals surface area contributed by atoms with Gasteiger partial charge in [-0.15, -0.1) is 0 Å². The number of fused-ring (bicyclic) bond motifs is 1. The van der Waals surface area contributed by atoms with E-state index in [0.717, 1.165) is 4.31 Å². The number of hydrogen-bond acceptors (Lipinski definition) is 7. The second kappa shape index (κ2) is 10.3. The Balaban J connectivity index is 2.12. The lowest BCUT2D eigenvalue weighted by atomic mass is 9.97. The third kappa shape index (κ3) is 5.44. The Labute approximate surface area is 198 Å². The van der Waals surface area contributed by atoms with Crippen LogP contribution in [0.1, 0.15) is 16.7 Å². The average Bonchev–Trinajstić information content (AvgIpc) is 2.76. The van der Waals surface area contributed by atoms with Crippen molar-refractivity contribution < 1.29 is 27.1 Å². The normalized spacial score (nSPS) is 12.1. The molecule has 1 amide bonds. The van der Waals surface area contributed by atoms with Gasteiger partial charge in [-0.1, -0.05) is 12.1 Å². The summed E-state index contributed by atoms with van der Waals surface area (Å²) in [5.74, 6) is -0.527. The maximum Gasteiger partial charge on any atom is 0.414 e. The standard InChI is InChI=1S/C23H26FN3O6S/c1-25(2)13-18-16-10-9-15(32-23(29)26(3)4)12-20(16)33-22(28)17(18)11-14-7-6-8-19(21(14)24)27(5)34(30)31/h6-10,12H,11,13H2,1-5H3,(H,30,31)/p-1. The summed E-state index contributed by atoms with van der Waals surface area (Å²) in [4.78, 5) is 28.0. The van der Waals surface area contributed by atoms with Crippen LogP contribution in [0.2, 0.25) is 0 Å². The van der Waals surface area contributed by atoms with Crippen molar-refractivity contribution in [2.45, 2.75) is 13.0 Å². The minimum absolute atomic E-state index is 0.0994. The van der Waals surface area contributed by atoms with Gasteiger partial charge < -0.3 is 27.8 Å². The molecule has 0 aliphatic rings. The van der Waals surface area contributed by atoms with Gasteiger partial charge in [-0.05, 0) is 43.4 Å². The number of hydrogen-bond donors (Lipinski definition) is 0. The Hall–Kier alpha value is -3.28. The van der Waals surface area contributed by atoms with Crippen molar-refractivity contribution in [3.8, 4) is 5.75 Å². The summed E-state index contributed by atoms with van der Waals surface area (Å²) in [7, 11) is 7.99. The zero-order valence-electron chi connectivity index (χ0n) is 19.5. The number of rotatable bonds is 7.